The van der Waals surface area contributed by atoms with Gasteiger partial charge in [0.25, 0.3) is 0 Å². The summed E-state index contributed by atoms with van der Waals surface area (Å²) in [5.74, 6) is 0.223. The average Bonchev–Trinajstić information content (AvgIpc) is 2.33. The molecule has 0 aromatic rings. The van der Waals surface area contributed by atoms with Crippen molar-refractivity contribution >= 4 is 10.0 Å². The third kappa shape index (κ3) is 14.1. The largest absolute Gasteiger partial charge is 0.379 e. The van der Waals surface area contributed by atoms with E-state index >= 15 is 0 Å². The molecule has 0 unspecified atom stereocenters. The Kier molecular flexibility index (Phi) is 11.5. The summed E-state index contributed by atoms with van der Waals surface area (Å²) in [6, 6.07) is 0. The Morgan fingerprint density at radius 1 is 1.05 bits per heavy atom. The van der Waals surface area contributed by atoms with E-state index < -0.39 is 10.0 Å². The van der Waals surface area contributed by atoms with Gasteiger partial charge in [-0.3, -0.25) is 0 Å². The summed E-state index contributed by atoms with van der Waals surface area (Å²) in [6.45, 7) is 9.06. The molecule has 0 aromatic carbocycles. The molecule has 0 bridgehead atoms. The third-order valence-corrected chi connectivity index (χ3v) is 4.08. The third-order valence-electron chi connectivity index (χ3n) is 2.61. The minimum atomic E-state index is -3.09. The summed E-state index contributed by atoms with van der Waals surface area (Å²) in [5.41, 5.74) is 0. The van der Waals surface area contributed by atoms with Crippen LogP contribution in [0.5, 0.6) is 0 Å². The molecule has 19 heavy (non-hydrogen) atoms. The van der Waals surface area contributed by atoms with Gasteiger partial charge in [-0.05, 0) is 52.6 Å². The van der Waals surface area contributed by atoms with Crippen molar-refractivity contribution in [3.63, 3.8) is 0 Å². The highest BCUT2D eigenvalue weighted by molar-refractivity contribution is 7.89. The Balaban J connectivity index is 3.46. The zero-order valence-electron chi connectivity index (χ0n) is 12.6. The Morgan fingerprint density at radius 2 is 1.74 bits per heavy atom. The molecule has 0 amide bonds. The molecule has 6 heteroatoms. The first-order valence-electron chi connectivity index (χ1n) is 7.27. The molecular weight excluding hydrogens is 264 g/mol. The van der Waals surface area contributed by atoms with E-state index in [9.17, 15) is 8.42 Å². The molecule has 0 radical (unpaired) electrons. The number of rotatable bonds is 13. The van der Waals surface area contributed by atoms with Gasteiger partial charge in [0.2, 0.25) is 10.0 Å². The summed E-state index contributed by atoms with van der Waals surface area (Å²) in [7, 11) is -3.09. The molecule has 2 N–H and O–H groups in total. The highest BCUT2D eigenvalue weighted by atomic mass is 32.2. The summed E-state index contributed by atoms with van der Waals surface area (Å²) in [6.07, 6.45) is 3.56. The lowest BCUT2D eigenvalue weighted by atomic mass is 10.3. The van der Waals surface area contributed by atoms with E-state index in [-0.39, 0.29) is 11.9 Å². The number of unbranched alkanes of at least 4 members (excludes halogenated alkanes) is 2. The topological polar surface area (TPSA) is 67.4 Å². The van der Waals surface area contributed by atoms with E-state index in [0.29, 0.717) is 19.6 Å². The molecule has 0 atom stereocenters. The van der Waals surface area contributed by atoms with Gasteiger partial charge in [-0.2, -0.15) is 0 Å². The van der Waals surface area contributed by atoms with Crippen molar-refractivity contribution in [2.45, 2.75) is 52.6 Å². The Hall–Kier alpha value is -0.170. The van der Waals surface area contributed by atoms with Crippen LogP contribution < -0.4 is 10.0 Å². The standard InChI is InChI=1S/C13H30N2O3S/c1-4-14-9-6-8-12-19(16,17)15-10-5-7-11-18-13(2)3/h13-15H,4-12H2,1-3H3. The normalized spacial score (nSPS) is 12.2. The lowest BCUT2D eigenvalue weighted by Crippen LogP contribution is -2.28. The number of hydrogen-bond acceptors (Lipinski definition) is 4. The van der Waals surface area contributed by atoms with Crippen LogP contribution in [-0.4, -0.2) is 46.5 Å². The minimum absolute atomic E-state index is 0.223. The van der Waals surface area contributed by atoms with Gasteiger partial charge < -0.3 is 10.1 Å². The molecular formula is C13H30N2O3S. The SMILES string of the molecule is CCNCCCCS(=O)(=O)NCCCCOC(C)C. The molecule has 0 saturated heterocycles. The molecule has 0 saturated carbocycles. The number of ether oxygens (including phenoxy) is 1. The van der Waals surface area contributed by atoms with Crippen molar-refractivity contribution < 1.29 is 13.2 Å². The molecule has 116 valence electrons. The van der Waals surface area contributed by atoms with E-state index in [1.807, 2.05) is 20.8 Å². The minimum Gasteiger partial charge on any atom is -0.379 e. The van der Waals surface area contributed by atoms with E-state index in [4.69, 9.17) is 4.74 Å². The molecule has 0 aliphatic heterocycles. The second kappa shape index (κ2) is 11.6. The zero-order chi connectivity index (χ0) is 14.6. The van der Waals surface area contributed by atoms with E-state index in [0.717, 1.165) is 32.4 Å². The maximum Gasteiger partial charge on any atom is 0.211 e. The Labute approximate surface area is 118 Å². The van der Waals surface area contributed by atoms with Gasteiger partial charge in [-0.15, -0.1) is 0 Å². The lowest BCUT2D eigenvalue weighted by Gasteiger charge is -2.08. The average molecular weight is 294 g/mol. The fourth-order valence-corrected chi connectivity index (χ4v) is 2.75. The maximum absolute atomic E-state index is 11.6. The van der Waals surface area contributed by atoms with Crippen LogP contribution in [0.4, 0.5) is 0 Å². The molecule has 5 nitrogen and oxygen atoms in total. The molecule has 0 heterocycles. The van der Waals surface area contributed by atoms with Crippen LogP contribution >= 0.6 is 0 Å². The van der Waals surface area contributed by atoms with Gasteiger partial charge in [0.05, 0.1) is 11.9 Å². The monoisotopic (exact) mass is 294 g/mol. The predicted octanol–water partition coefficient (Wildman–Crippen LogP) is 1.50. The quantitative estimate of drug-likeness (QED) is 0.505. The summed E-state index contributed by atoms with van der Waals surface area (Å²) in [4.78, 5) is 0. The van der Waals surface area contributed by atoms with Gasteiger partial charge in [0.1, 0.15) is 0 Å². The van der Waals surface area contributed by atoms with Crippen molar-refractivity contribution in [3.8, 4) is 0 Å². The Morgan fingerprint density at radius 3 is 2.37 bits per heavy atom. The number of sulfonamides is 1. The smallest absolute Gasteiger partial charge is 0.211 e. The summed E-state index contributed by atoms with van der Waals surface area (Å²) >= 11 is 0. The van der Waals surface area contributed by atoms with Crippen LogP contribution in [-0.2, 0) is 14.8 Å². The molecule has 0 aliphatic carbocycles. The van der Waals surface area contributed by atoms with Crippen molar-refractivity contribution in [2.24, 2.45) is 0 Å². The first-order valence-corrected chi connectivity index (χ1v) is 8.93. The van der Waals surface area contributed by atoms with Crippen molar-refractivity contribution in [3.05, 3.63) is 0 Å². The molecule has 0 aliphatic rings. The number of nitrogens with one attached hydrogen (secondary N) is 2. The van der Waals surface area contributed by atoms with Crippen LogP contribution in [0.1, 0.15) is 46.5 Å². The van der Waals surface area contributed by atoms with Gasteiger partial charge in [0.15, 0.2) is 0 Å². The molecule has 0 rings (SSSR count). The number of hydrogen-bond donors (Lipinski definition) is 2. The van der Waals surface area contributed by atoms with E-state index in [1.165, 1.54) is 0 Å². The molecule has 0 spiro atoms. The molecule has 0 aromatic heterocycles. The van der Waals surface area contributed by atoms with Crippen LogP contribution in [0.15, 0.2) is 0 Å². The fourth-order valence-electron chi connectivity index (χ4n) is 1.56. The van der Waals surface area contributed by atoms with Crippen LogP contribution in [0.25, 0.3) is 0 Å². The first kappa shape index (κ1) is 18.8. The van der Waals surface area contributed by atoms with Crippen molar-refractivity contribution in [2.75, 3.05) is 32.0 Å². The van der Waals surface area contributed by atoms with E-state index in [2.05, 4.69) is 10.0 Å². The highest BCUT2D eigenvalue weighted by Crippen LogP contribution is 1.97. The molecule has 0 fully saturated rings. The van der Waals surface area contributed by atoms with Crippen molar-refractivity contribution in [1.29, 1.82) is 0 Å². The van der Waals surface area contributed by atoms with E-state index in [1.54, 1.807) is 0 Å². The van der Waals surface area contributed by atoms with Gasteiger partial charge in [-0.25, -0.2) is 13.1 Å². The maximum atomic E-state index is 11.6. The predicted molar refractivity (Wildman–Crippen MR) is 79.9 cm³/mol. The van der Waals surface area contributed by atoms with Gasteiger partial charge in [0, 0.05) is 13.2 Å². The first-order chi connectivity index (χ1) is 8.98. The zero-order valence-corrected chi connectivity index (χ0v) is 13.4. The summed E-state index contributed by atoms with van der Waals surface area (Å²) in [5, 5.41) is 3.18. The second-order valence-corrected chi connectivity index (χ2v) is 6.83. The van der Waals surface area contributed by atoms with Crippen LogP contribution in [0, 0.1) is 0 Å². The highest BCUT2D eigenvalue weighted by Gasteiger charge is 2.08. The second-order valence-electron chi connectivity index (χ2n) is 4.90. The summed E-state index contributed by atoms with van der Waals surface area (Å²) < 4.78 is 31.3. The van der Waals surface area contributed by atoms with Gasteiger partial charge in [-0.1, -0.05) is 6.92 Å². The fraction of sp³-hybridized carbons (Fsp3) is 1.00. The van der Waals surface area contributed by atoms with Gasteiger partial charge >= 0.3 is 0 Å². The van der Waals surface area contributed by atoms with Crippen LogP contribution in [0.3, 0.4) is 0 Å². The lowest BCUT2D eigenvalue weighted by molar-refractivity contribution is 0.0762. The van der Waals surface area contributed by atoms with Crippen LogP contribution in [0.2, 0.25) is 0 Å². The Bertz CT molecular complexity index is 292. The van der Waals surface area contributed by atoms with Crippen molar-refractivity contribution in [1.82, 2.24) is 10.0 Å².